The molecule has 2 aliphatic carbocycles. The van der Waals surface area contributed by atoms with E-state index in [1.165, 1.54) is 12.1 Å². The highest BCUT2D eigenvalue weighted by Crippen LogP contribution is 2.56. The lowest BCUT2D eigenvalue weighted by molar-refractivity contribution is 0.116. The molecule has 0 bridgehead atoms. The fraction of sp³-hybridized carbons (Fsp3) is 0.333. The van der Waals surface area contributed by atoms with Crippen LogP contribution in [0.4, 0.5) is 4.39 Å². The van der Waals surface area contributed by atoms with Crippen LogP contribution >= 0.6 is 0 Å². The molecule has 0 saturated carbocycles. The summed E-state index contributed by atoms with van der Waals surface area (Å²) in [4.78, 5) is 3.80. The van der Waals surface area contributed by atoms with E-state index in [1.807, 2.05) is 17.7 Å². The Morgan fingerprint density at radius 3 is 2.50 bits per heavy atom. The Labute approximate surface area is 234 Å². The van der Waals surface area contributed by atoms with Crippen molar-refractivity contribution in [1.29, 1.82) is 0 Å². The van der Waals surface area contributed by atoms with Crippen molar-refractivity contribution in [3.63, 3.8) is 0 Å². The summed E-state index contributed by atoms with van der Waals surface area (Å²) in [6.45, 7) is 14.2. The number of aliphatic hydroxyl groups excluding tert-OH is 1. The number of benzene rings is 2. The van der Waals surface area contributed by atoms with Gasteiger partial charge in [0.2, 0.25) is 5.70 Å². The van der Waals surface area contributed by atoms with E-state index >= 15 is 0 Å². The SMILES string of the molecule is [C-]#[N+]C1=C(O)[C@H](CCC)[C@H]2CCc3c(-c4ccc(F)cc4)nn(-c4ccc(-c5cnnc(C)c5)cc4)c3[C@]2(C)C1. The largest absolute Gasteiger partial charge is 0.523 e. The van der Waals surface area contributed by atoms with E-state index in [2.05, 4.69) is 53.2 Å². The average molecular weight is 534 g/mol. The van der Waals surface area contributed by atoms with Crippen molar-refractivity contribution in [2.75, 3.05) is 0 Å². The van der Waals surface area contributed by atoms with Gasteiger partial charge in [0.15, 0.2) is 0 Å². The van der Waals surface area contributed by atoms with Gasteiger partial charge in [-0.2, -0.15) is 15.3 Å². The first-order valence-electron chi connectivity index (χ1n) is 13.9. The number of allylic oxidation sites excluding steroid dienone is 2. The second-order valence-electron chi connectivity index (χ2n) is 11.3. The van der Waals surface area contributed by atoms with Gasteiger partial charge in [-0.3, -0.25) is 0 Å². The van der Waals surface area contributed by atoms with E-state index < -0.39 is 5.41 Å². The van der Waals surface area contributed by atoms with Crippen LogP contribution in [0.5, 0.6) is 0 Å². The van der Waals surface area contributed by atoms with Crippen LogP contribution in [0, 0.1) is 31.1 Å². The fourth-order valence-corrected chi connectivity index (χ4v) is 6.97. The number of nitrogens with zero attached hydrogens (tertiary/aromatic N) is 5. The Kier molecular flexibility index (Phi) is 6.50. The van der Waals surface area contributed by atoms with Crippen LogP contribution in [-0.2, 0) is 11.8 Å². The minimum atomic E-state index is -0.393. The standard InChI is InChI=1S/C33H32FN5O/c1-5-6-26-28-16-15-27-30(22-7-11-24(34)12-8-22)38-39(32(27)33(28,3)18-29(35-4)31(26)40)25-13-9-21(10-14-25)23-17-20(2)37-36-19-23/h7-14,17,19,26,28,40H,5-6,15-16,18H2,1-3H3/t26-,28-,33-/m1/s1. The average Bonchev–Trinajstić information content (AvgIpc) is 3.36. The highest BCUT2D eigenvalue weighted by molar-refractivity contribution is 5.68. The maximum absolute atomic E-state index is 13.8. The van der Waals surface area contributed by atoms with Crippen molar-refractivity contribution in [3.8, 4) is 28.1 Å². The number of fused-ring (bicyclic) bond motifs is 3. The number of aryl methyl sites for hydroxylation is 1. The predicted molar refractivity (Wildman–Crippen MR) is 153 cm³/mol. The second kappa shape index (κ2) is 10.0. The maximum atomic E-state index is 13.8. The van der Waals surface area contributed by atoms with Crippen LogP contribution in [-0.4, -0.2) is 25.1 Å². The number of hydrogen-bond acceptors (Lipinski definition) is 4. The van der Waals surface area contributed by atoms with Gasteiger partial charge in [0.1, 0.15) is 5.82 Å². The minimum absolute atomic E-state index is 0.0524. The quantitative estimate of drug-likeness (QED) is 0.266. The van der Waals surface area contributed by atoms with Crippen LogP contribution < -0.4 is 0 Å². The van der Waals surface area contributed by atoms with Gasteiger partial charge in [-0.15, -0.1) is 0 Å². The Hall–Kier alpha value is -4.31. The van der Waals surface area contributed by atoms with Crippen molar-refractivity contribution in [3.05, 3.63) is 106 Å². The summed E-state index contributed by atoms with van der Waals surface area (Å²) < 4.78 is 15.9. The van der Waals surface area contributed by atoms with Gasteiger partial charge in [0.05, 0.1) is 41.3 Å². The molecule has 0 unspecified atom stereocenters. The van der Waals surface area contributed by atoms with E-state index in [9.17, 15) is 9.50 Å². The third-order valence-electron chi connectivity index (χ3n) is 8.79. The van der Waals surface area contributed by atoms with E-state index in [-0.39, 0.29) is 23.4 Å². The van der Waals surface area contributed by atoms with Gasteiger partial charge in [-0.05, 0) is 86.6 Å². The summed E-state index contributed by atoms with van der Waals surface area (Å²) in [5, 5.41) is 24.5. The Morgan fingerprint density at radius 2 is 1.82 bits per heavy atom. The highest BCUT2D eigenvalue weighted by atomic mass is 19.1. The summed E-state index contributed by atoms with van der Waals surface area (Å²) in [7, 11) is 0. The molecule has 7 heteroatoms. The zero-order valence-electron chi connectivity index (χ0n) is 23.0. The molecule has 2 heterocycles. The Morgan fingerprint density at radius 1 is 1.10 bits per heavy atom. The number of rotatable bonds is 5. The van der Waals surface area contributed by atoms with E-state index in [0.29, 0.717) is 12.1 Å². The zero-order valence-corrected chi connectivity index (χ0v) is 23.0. The first-order valence-corrected chi connectivity index (χ1v) is 13.9. The van der Waals surface area contributed by atoms with Crippen LogP contribution in [0.3, 0.4) is 0 Å². The Balaban J connectivity index is 1.54. The van der Waals surface area contributed by atoms with Crippen molar-refractivity contribution < 1.29 is 9.50 Å². The number of aliphatic hydroxyl groups is 1. The lowest BCUT2D eigenvalue weighted by Crippen LogP contribution is -2.46. The van der Waals surface area contributed by atoms with Crippen LogP contribution in [0.2, 0.25) is 0 Å². The number of halogens is 1. The van der Waals surface area contributed by atoms with Gasteiger partial charge in [-0.1, -0.05) is 32.4 Å². The van der Waals surface area contributed by atoms with Gasteiger partial charge >= 0.3 is 0 Å². The minimum Gasteiger partial charge on any atom is -0.523 e. The summed E-state index contributed by atoms with van der Waals surface area (Å²) in [6, 6.07) is 16.8. The molecular weight excluding hydrogens is 501 g/mol. The van der Waals surface area contributed by atoms with Gasteiger partial charge in [0.25, 0.3) is 0 Å². The van der Waals surface area contributed by atoms with Crippen LogP contribution in [0.1, 0.15) is 56.5 Å². The molecule has 0 fully saturated rings. The number of hydrogen-bond donors (Lipinski definition) is 1. The van der Waals surface area contributed by atoms with Crippen LogP contribution in [0.25, 0.3) is 32.9 Å². The molecule has 2 aromatic carbocycles. The third kappa shape index (κ3) is 4.19. The van der Waals surface area contributed by atoms with Gasteiger partial charge in [-0.25, -0.2) is 13.9 Å². The summed E-state index contributed by atoms with van der Waals surface area (Å²) in [5.41, 5.74) is 7.83. The molecule has 0 amide bonds. The molecule has 4 aromatic rings. The lowest BCUT2D eigenvalue weighted by Gasteiger charge is -2.49. The molecule has 0 spiro atoms. The maximum Gasteiger partial charge on any atom is 0.203 e. The molecule has 40 heavy (non-hydrogen) atoms. The predicted octanol–water partition coefficient (Wildman–Crippen LogP) is 7.77. The van der Waals surface area contributed by atoms with Crippen molar-refractivity contribution in [1.82, 2.24) is 20.0 Å². The molecule has 202 valence electrons. The number of aromatic nitrogens is 4. The molecule has 1 N–H and O–H groups in total. The summed E-state index contributed by atoms with van der Waals surface area (Å²) in [6.07, 6.45) is 5.71. The summed E-state index contributed by atoms with van der Waals surface area (Å²) >= 11 is 0. The second-order valence-corrected chi connectivity index (χ2v) is 11.3. The smallest absolute Gasteiger partial charge is 0.203 e. The molecule has 2 aromatic heterocycles. The first kappa shape index (κ1) is 25.9. The first-order chi connectivity index (χ1) is 19.3. The van der Waals surface area contributed by atoms with Crippen molar-refractivity contribution in [2.24, 2.45) is 11.8 Å². The zero-order chi connectivity index (χ0) is 28.0. The molecule has 6 rings (SSSR count). The topological polar surface area (TPSA) is 68.2 Å². The Bertz CT molecular complexity index is 1650. The molecule has 6 nitrogen and oxygen atoms in total. The van der Waals surface area contributed by atoms with E-state index in [0.717, 1.165) is 70.7 Å². The molecule has 3 atom stereocenters. The van der Waals surface area contributed by atoms with E-state index in [4.69, 9.17) is 11.7 Å². The molecule has 0 saturated heterocycles. The highest BCUT2D eigenvalue weighted by Gasteiger charge is 2.52. The monoisotopic (exact) mass is 533 g/mol. The third-order valence-corrected chi connectivity index (χ3v) is 8.79. The summed E-state index contributed by atoms with van der Waals surface area (Å²) in [5.74, 6) is 0.131. The molecule has 0 aliphatic heterocycles. The molecule has 2 aliphatic rings. The molecular formula is C33H32FN5O. The molecule has 0 radical (unpaired) electrons. The normalized spacial score (nSPS) is 22.0. The van der Waals surface area contributed by atoms with Crippen LogP contribution in [0.15, 0.2) is 72.3 Å². The van der Waals surface area contributed by atoms with E-state index in [1.54, 1.807) is 18.3 Å². The van der Waals surface area contributed by atoms with Gasteiger partial charge in [0, 0.05) is 28.0 Å². The lowest BCUT2D eigenvalue weighted by atomic mass is 9.56. The van der Waals surface area contributed by atoms with Crippen molar-refractivity contribution >= 4 is 0 Å². The fourth-order valence-electron chi connectivity index (χ4n) is 6.97. The van der Waals surface area contributed by atoms with Crippen molar-refractivity contribution in [2.45, 2.75) is 58.3 Å². The van der Waals surface area contributed by atoms with Gasteiger partial charge < -0.3 is 5.11 Å².